The summed E-state index contributed by atoms with van der Waals surface area (Å²) in [6.07, 6.45) is 19.3. The topological polar surface area (TPSA) is 18.5 Å². The van der Waals surface area contributed by atoms with Crippen molar-refractivity contribution in [1.82, 2.24) is 0 Å². The third kappa shape index (κ3) is 6.77. The van der Waals surface area contributed by atoms with Gasteiger partial charge < -0.3 is 9.47 Å². The van der Waals surface area contributed by atoms with Crippen molar-refractivity contribution in [1.29, 1.82) is 0 Å². The number of ether oxygens (including phenoxy) is 2. The third-order valence-corrected chi connectivity index (χ3v) is 12.5. The Hall–Kier alpha value is -1.10. The molecule has 2 fully saturated rings. The van der Waals surface area contributed by atoms with E-state index in [2.05, 4.69) is 48.5 Å². The largest absolute Gasteiger partial charge is 0.496 e. The molecule has 0 heterocycles. The summed E-state index contributed by atoms with van der Waals surface area (Å²) in [4.78, 5) is 0. The number of rotatable bonds is 11. The van der Waals surface area contributed by atoms with Crippen molar-refractivity contribution in [2.75, 3.05) is 26.5 Å². The number of methoxy groups -OCH3 is 2. The number of hydrogen-bond donors (Lipinski definition) is 0. The van der Waals surface area contributed by atoms with Crippen molar-refractivity contribution in [2.24, 2.45) is 0 Å². The first kappa shape index (κ1) is 26.0. The van der Waals surface area contributed by atoms with Crippen LogP contribution in [0.5, 0.6) is 11.5 Å². The Morgan fingerprint density at radius 1 is 0.588 bits per heavy atom. The minimum Gasteiger partial charge on any atom is -0.496 e. The first-order valence-corrected chi connectivity index (χ1v) is 15.8. The lowest BCUT2D eigenvalue weighted by atomic mass is 9.83. The molecule has 0 aliphatic heterocycles. The summed E-state index contributed by atoms with van der Waals surface area (Å²) in [6, 6.07) is 17.4. The molecule has 186 valence electrons. The fraction of sp³-hybridized carbons (Fsp3) is 0.600. The highest BCUT2D eigenvalue weighted by Gasteiger charge is 2.35. The van der Waals surface area contributed by atoms with Crippen molar-refractivity contribution in [3.05, 3.63) is 59.7 Å². The highest BCUT2D eigenvalue weighted by Crippen LogP contribution is 2.51. The predicted octanol–water partition coefficient (Wildman–Crippen LogP) is 8.25. The van der Waals surface area contributed by atoms with Gasteiger partial charge in [-0.05, 0) is 84.4 Å². The van der Waals surface area contributed by atoms with Gasteiger partial charge in [0.25, 0.3) is 0 Å². The van der Waals surface area contributed by atoms with Crippen LogP contribution in [0.4, 0.5) is 0 Å². The zero-order chi connectivity index (χ0) is 23.7. The standard InChI is InChI=1S/C30H44O2P2/c1-31-27-15-7-5-13-25(27)23-29(17-9-3-10-18-29)33-21-22-34-30(19-11-4-12-20-30)24-26-14-6-8-16-28(26)32-2/h5-8,13-16,33-34H,3-4,9-12,17-24H2,1-2H3. The third-order valence-electron chi connectivity index (χ3n) is 8.19. The van der Waals surface area contributed by atoms with Crippen LogP contribution >= 0.6 is 17.2 Å². The van der Waals surface area contributed by atoms with Crippen LogP contribution in [0.25, 0.3) is 0 Å². The molecule has 2 aliphatic rings. The zero-order valence-electron chi connectivity index (χ0n) is 21.3. The molecule has 0 saturated heterocycles. The van der Waals surface area contributed by atoms with Gasteiger partial charge in [0.2, 0.25) is 0 Å². The van der Waals surface area contributed by atoms with E-state index in [0.717, 1.165) is 28.7 Å². The lowest BCUT2D eigenvalue weighted by molar-refractivity contribution is 0.375. The summed E-state index contributed by atoms with van der Waals surface area (Å²) in [5, 5.41) is 0.999. The second-order valence-corrected chi connectivity index (χ2v) is 14.3. The van der Waals surface area contributed by atoms with Crippen LogP contribution < -0.4 is 9.47 Å². The van der Waals surface area contributed by atoms with Gasteiger partial charge in [0.05, 0.1) is 14.2 Å². The molecule has 4 rings (SSSR count). The first-order chi connectivity index (χ1) is 16.7. The van der Waals surface area contributed by atoms with E-state index >= 15 is 0 Å². The average molecular weight is 499 g/mol. The summed E-state index contributed by atoms with van der Waals surface area (Å²) in [6.45, 7) is 0. The van der Waals surface area contributed by atoms with E-state index in [0.29, 0.717) is 10.3 Å². The van der Waals surface area contributed by atoms with Gasteiger partial charge in [-0.15, -0.1) is 17.2 Å². The molecular weight excluding hydrogens is 454 g/mol. The minimum absolute atomic E-state index is 0.500. The van der Waals surface area contributed by atoms with Crippen molar-refractivity contribution >= 4 is 17.2 Å². The van der Waals surface area contributed by atoms with E-state index in [1.54, 1.807) is 0 Å². The summed E-state index contributed by atoms with van der Waals surface area (Å²) in [5.41, 5.74) is 2.84. The Morgan fingerprint density at radius 2 is 0.971 bits per heavy atom. The molecule has 2 saturated carbocycles. The van der Waals surface area contributed by atoms with Crippen LogP contribution in [-0.4, -0.2) is 36.9 Å². The van der Waals surface area contributed by atoms with Gasteiger partial charge in [0.1, 0.15) is 11.5 Å². The Kier molecular flexibility index (Phi) is 9.73. The molecule has 0 aromatic heterocycles. The van der Waals surface area contributed by atoms with Crippen LogP contribution in [0, 0.1) is 0 Å². The Bertz CT molecular complexity index is 811. The lowest BCUT2D eigenvalue weighted by Gasteiger charge is -2.40. The fourth-order valence-corrected chi connectivity index (χ4v) is 10.5. The quantitative estimate of drug-likeness (QED) is 0.229. The molecule has 0 radical (unpaired) electrons. The second-order valence-electron chi connectivity index (χ2n) is 10.5. The van der Waals surface area contributed by atoms with Crippen LogP contribution in [-0.2, 0) is 12.8 Å². The van der Waals surface area contributed by atoms with Crippen molar-refractivity contribution in [3.63, 3.8) is 0 Å². The van der Waals surface area contributed by atoms with Crippen LogP contribution in [0.2, 0.25) is 0 Å². The van der Waals surface area contributed by atoms with Gasteiger partial charge in [-0.1, -0.05) is 74.9 Å². The highest BCUT2D eigenvalue weighted by molar-refractivity contribution is 7.44. The minimum atomic E-state index is 0.500. The Morgan fingerprint density at radius 3 is 1.35 bits per heavy atom. The van der Waals surface area contributed by atoms with Crippen LogP contribution in [0.15, 0.2) is 48.5 Å². The smallest absolute Gasteiger partial charge is 0.122 e. The fourth-order valence-electron chi connectivity index (χ4n) is 6.37. The van der Waals surface area contributed by atoms with E-state index in [1.807, 2.05) is 14.2 Å². The van der Waals surface area contributed by atoms with E-state index in [-0.39, 0.29) is 0 Å². The molecule has 2 atom stereocenters. The summed E-state index contributed by atoms with van der Waals surface area (Å²) >= 11 is 0. The zero-order valence-corrected chi connectivity index (χ0v) is 23.3. The van der Waals surface area contributed by atoms with Gasteiger partial charge >= 0.3 is 0 Å². The first-order valence-electron chi connectivity index (χ1n) is 13.4. The molecule has 0 N–H and O–H groups in total. The predicted molar refractivity (Wildman–Crippen MR) is 151 cm³/mol. The average Bonchev–Trinajstić information content (AvgIpc) is 2.88. The Balaban J connectivity index is 1.40. The van der Waals surface area contributed by atoms with E-state index in [9.17, 15) is 0 Å². The normalized spacial score (nSPS) is 20.2. The molecule has 34 heavy (non-hydrogen) atoms. The molecule has 2 unspecified atom stereocenters. The molecular formula is C30H44O2P2. The number of para-hydroxylation sites is 2. The number of benzene rings is 2. The van der Waals surface area contributed by atoms with Crippen molar-refractivity contribution in [2.45, 2.75) is 87.4 Å². The van der Waals surface area contributed by atoms with Crippen LogP contribution in [0.3, 0.4) is 0 Å². The molecule has 4 heteroatoms. The summed E-state index contributed by atoms with van der Waals surface area (Å²) in [7, 11) is 5.79. The van der Waals surface area contributed by atoms with Gasteiger partial charge in [0, 0.05) is 0 Å². The molecule has 0 spiro atoms. The molecule has 2 aromatic rings. The van der Waals surface area contributed by atoms with Gasteiger partial charge in [-0.3, -0.25) is 0 Å². The molecule has 2 aliphatic carbocycles. The van der Waals surface area contributed by atoms with E-state index < -0.39 is 0 Å². The highest BCUT2D eigenvalue weighted by atomic mass is 31.1. The molecule has 2 aromatic carbocycles. The van der Waals surface area contributed by atoms with Crippen molar-refractivity contribution < 1.29 is 9.47 Å². The van der Waals surface area contributed by atoms with E-state index in [4.69, 9.17) is 9.47 Å². The second kappa shape index (κ2) is 12.7. The Labute approximate surface area is 211 Å². The van der Waals surface area contributed by atoms with Gasteiger partial charge in [-0.2, -0.15) is 0 Å². The van der Waals surface area contributed by atoms with Gasteiger partial charge in [-0.25, -0.2) is 0 Å². The number of hydrogen-bond acceptors (Lipinski definition) is 2. The molecule has 0 amide bonds. The van der Waals surface area contributed by atoms with Gasteiger partial charge in [0.15, 0.2) is 0 Å². The summed E-state index contributed by atoms with van der Waals surface area (Å²) < 4.78 is 11.4. The SMILES string of the molecule is COc1ccccc1CC1(PCCPC2(Cc3ccccc3OC)CCCCC2)CCCCC1. The maximum absolute atomic E-state index is 5.72. The molecule has 0 bridgehead atoms. The monoisotopic (exact) mass is 498 g/mol. The van der Waals surface area contributed by atoms with Crippen LogP contribution in [0.1, 0.15) is 75.3 Å². The maximum Gasteiger partial charge on any atom is 0.122 e. The molecule has 2 nitrogen and oxygen atoms in total. The summed E-state index contributed by atoms with van der Waals surface area (Å²) in [5.74, 6) is 2.16. The lowest BCUT2D eigenvalue weighted by Crippen LogP contribution is -2.31. The maximum atomic E-state index is 5.72. The van der Waals surface area contributed by atoms with E-state index in [1.165, 1.54) is 101 Å². The van der Waals surface area contributed by atoms with Crippen molar-refractivity contribution in [3.8, 4) is 11.5 Å².